The van der Waals surface area contributed by atoms with Gasteiger partial charge >= 0.3 is 0 Å². The summed E-state index contributed by atoms with van der Waals surface area (Å²) in [6.07, 6.45) is 9.35. The van der Waals surface area contributed by atoms with E-state index in [1.54, 1.807) is 13.0 Å². The van der Waals surface area contributed by atoms with Crippen LogP contribution >= 0.6 is 15.9 Å². The number of hydrogen-bond acceptors (Lipinski definition) is 2. The molecule has 3 aromatic rings. The highest BCUT2D eigenvalue weighted by atomic mass is 79.9. The molecule has 2 aromatic heterocycles. The van der Waals surface area contributed by atoms with Crippen LogP contribution in [0.4, 0.5) is 4.39 Å². The summed E-state index contributed by atoms with van der Waals surface area (Å²) in [4.78, 5) is 4.64. The van der Waals surface area contributed by atoms with Gasteiger partial charge in [0.1, 0.15) is 5.82 Å². The van der Waals surface area contributed by atoms with Gasteiger partial charge in [-0.15, -0.1) is 6.58 Å². The van der Waals surface area contributed by atoms with Gasteiger partial charge in [0.2, 0.25) is 0 Å². The van der Waals surface area contributed by atoms with E-state index in [1.165, 1.54) is 12.5 Å². The number of aromatic amines is 1. The first-order chi connectivity index (χ1) is 13.0. The van der Waals surface area contributed by atoms with Crippen molar-refractivity contribution in [2.75, 3.05) is 0 Å². The molecule has 0 atom stereocenters. The molecule has 0 unspecified atom stereocenters. The smallest absolute Gasteiger partial charge is 0.114 e. The number of hydrogen-bond donors (Lipinski definition) is 1. The standard InChI is InChI=1S/C12H11BrN4.C3H5F.C3H8.C3H6/c1-17-11-3-2-9(13)5-10(11)16-12(17)4-8-6-14-15-7-8;1-2-3-4;2*1-3-2/h2-3,5-7H,4H2,1H3,(H,14,15);2-3H,1H3;3H2,1-2H3;3H,1H2,2H3/b;3-2+;;. The van der Waals surface area contributed by atoms with Gasteiger partial charge < -0.3 is 4.57 Å². The number of halogens is 2. The molecule has 0 saturated carbocycles. The summed E-state index contributed by atoms with van der Waals surface area (Å²) >= 11 is 3.46. The summed E-state index contributed by atoms with van der Waals surface area (Å²) in [7, 11) is 2.04. The summed E-state index contributed by atoms with van der Waals surface area (Å²) < 4.78 is 13.7. The van der Waals surface area contributed by atoms with Gasteiger partial charge in [0, 0.05) is 24.1 Å². The predicted octanol–water partition coefficient (Wildman–Crippen LogP) is 6.75. The number of nitrogens with zero attached hydrogens (tertiary/aromatic N) is 3. The molecule has 0 amide bonds. The topological polar surface area (TPSA) is 46.5 Å². The van der Waals surface area contributed by atoms with Crippen LogP contribution in [-0.4, -0.2) is 19.7 Å². The van der Waals surface area contributed by atoms with Crippen LogP contribution in [0.2, 0.25) is 0 Å². The number of aryl methyl sites for hydroxylation is 1. The summed E-state index contributed by atoms with van der Waals surface area (Å²) in [6.45, 7) is 11.1. The molecule has 148 valence electrons. The summed E-state index contributed by atoms with van der Waals surface area (Å²) in [6, 6.07) is 6.14. The van der Waals surface area contributed by atoms with Gasteiger partial charge in [-0.2, -0.15) is 5.10 Å². The zero-order chi connectivity index (χ0) is 20.7. The number of nitrogens with one attached hydrogen (secondary N) is 1. The Hall–Kier alpha value is -2.21. The van der Waals surface area contributed by atoms with Crippen molar-refractivity contribution in [1.29, 1.82) is 0 Å². The third-order valence-corrected chi connectivity index (χ3v) is 3.47. The number of rotatable bonds is 2. The number of aromatic nitrogens is 4. The first-order valence-electron chi connectivity index (χ1n) is 8.85. The second-order valence-corrected chi connectivity index (χ2v) is 6.49. The summed E-state index contributed by atoms with van der Waals surface area (Å²) in [5.74, 6) is 1.04. The van der Waals surface area contributed by atoms with Crippen molar-refractivity contribution < 1.29 is 4.39 Å². The molecule has 0 radical (unpaired) electrons. The Morgan fingerprint density at radius 1 is 1.30 bits per heavy atom. The second kappa shape index (κ2) is 14.9. The van der Waals surface area contributed by atoms with E-state index in [9.17, 15) is 4.39 Å². The molecule has 4 nitrogen and oxygen atoms in total. The van der Waals surface area contributed by atoms with Crippen molar-refractivity contribution in [3.8, 4) is 0 Å². The van der Waals surface area contributed by atoms with Crippen molar-refractivity contribution in [2.45, 2.75) is 40.5 Å². The number of benzene rings is 1. The third-order valence-electron chi connectivity index (χ3n) is 2.98. The summed E-state index contributed by atoms with van der Waals surface area (Å²) in [5, 5.41) is 6.76. The van der Waals surface area contributed by atoms with Gasteiger partial charge in [-0.3, -0.25) is 5.10 Å². The molecular formula is C21H30BrFN4. The number of allylic oxidation sites excluding steroid dienone is 2. The van der Waals surface area contributed by atoms with Gasteiger partial charge in [-0.25, -0.2) is 9.37 Å². The highest BCUT2D eigenvalue weighted by molar-refractivity contribution is 9.10. The number of fused-ring (bicyclic) bond motifs is 1. The van der Waals surface area contributed by atoms with Crippen molar-refractivity contribution in [3.63, 3.8) is 0 Å². The normalized spacial score (nSPS) is 9.59. The second-order valence-electron chi connectivity index (χ2n) is 5.58. The molecule has 6 heteroatoms. The monoisotopic (exact) mass is 436 g/mol. The molecule has 0 aliphatic rings. The lowest BCUT2D eigenvalue weighted by Gasteiger charge is -1.99. The number of H-pyrrole nitrogens is 1. The molecular weight excluding hydrogens is 407 g/mol. The van der Waals surface area contributed by atoms with E-state index in [2.05, 4.69) is 62.2 Å². The fourth-order valence-corrected chi connectivity index (χ4v) is 2.29. The molecule has 1 N–H and O–H groups in total. The molecule has 0 bridgehead atoms. The van der Waals surface area contributed by atoms with Crippen molar-refractivity contribution in [2.24, 2.45) is 7.05 Å². The zero-order valence-electron chi connectivity index (χ0n) is 16.8. The lowest BCUT2D eigenvalue weighted by molar-refractivity contribution is 0.719. The van der Waals surface area contributed by atoms with E-state index >= 15 is 0 Å². The van der Waals surface area contributed by atoms with Crippen LogP contribution in [0, 0.1) is 0 Å². The molecule has 2 heterocycles. The largest absolute Gasteiger partial charge is 0.331 e. The Balaban J connectivity index is 0.000000571. The Morgan fingerprint density at radius 2 is 1.89 bits per heavy atom. The molecule has 3 rings (SSSR count). The van der Waals surface area contributed by atoms with Crippen molar-refractivity contribution >= 4 is 27.0 Å². The summed E-state index contributed by atoms with van der Waals surface area (Å²) in [5.41, 5.74) is 3.30. The fourth-order valence-electron chi connectivity index (χ4n) is 1.94. The van der Waals surface area contributed by atoms with Gasteiger partial charge in [0.25, 0.3) is 0 Å². The van der Waals surface area contributed by atoms with Crippen LogP contribution in [0.5, 0.6) is 0 Å². The highest BCUT2D eigenvalue weighted by Crippen LogP contribution is 2.21. The van der Waals surface area contributed by atoms with Crippen LogP contribution < -0.4 is 0 Å². The zero-order valence-corrected chi connectivity index (χ0v) is 18.4. The quantitative estimate of drug-likeness (QED) is 0.451. The molecule has 27 heavy (non-hydrogen) atoms. The first-order valence-corrected chi connectivity index (χ1v) is 9.65. The minimum absolute atomic E-state index is 0.500. The minimum Gasteiger partial charge on any atom is -0.331 e. The van der Waals surface area contributed by atoms with Crippen LogP contribution in [0.15, 0.2) is 60.1 Å². The molecule has 0 fully saturated rings. The third kappa shape index (κ3) is 9.33. The van der Waals surface area contributed by atoms with E-state index in [4.69, 9.17) is 0 Å². The lowest BCUT2D eigenvalue weighted by Crippen LogP contribution is -1.98. The lowest BCUT2D eigenvalue weighted by atomic mass is 10.2. The Labute approximate surface area is 170 Å². The SMILES string of the molecule is C/C=C/F.C=CC.CCC.Cn1c(Cc2cn[nH]c2)nc2cc(Br)ccc21. The molecule has 0 saturated heterocycles. The first kappa shape index (κ1) is 24.8. The maximum Gasteiger partial charge on any atom is 0.114 e. The Bertz CT molecular complexity index is 788. The van der Waals surface area contributed by atoms with Crippen molar-refractivity contribution in [3.05, 3.63) is 71.5 Å². The van der Waals surface area contributed by atoms with Gasteiger partial charge in [-0.1, -0.05) is 48.4 Å². The average molecular weight is 437 g/mol. The van der Waals surface area contributed by atoms with Crippen molar-refractivity contribution in [1.82, 2.24) is 19.7 Å². The van der Waals surface area contributed by atoms with E-state index in [0.29, 0.717) is 6.33 Å². The van der Waals surface area contributed by atoms with Crippen LogP contribution in [0.25, 0.3) is 11.0 Å². The van der Waals surface area contributed by atoms with E-state index in [-0.39, 0.29) is 0 Å². The number of imidazole rings is 1. The predicted molar refractivity (Wildman–Crippen MR) is 118 cm³/mol. The average Bonchev–Trinajstić information content (AvgIpc) is 3.25. The molecule has 1 aromatic carbocycles. The fraction of sp³-hybridized carbons (Fsp3) is 0.333. The van der Waals surface area contributed by atoms with Crippen LogP contribution in [0.1, 0.15) is 45.5 Å². The van der Waals surface area contributed by atoms with E-state index in [0.717, 1.165) is 33.3 Å². The van der Waals surface area contributed by atoms with Crippen LogP contribution in [-0.2, 0) is 13.5 Å². The minimum atomic E-state index is 0.500. The van der Waals surface area contributed by atoms with Crippen LogP contribution in [0.3, 0.4) is 0 Å². The van der Waals surface area contributed by atoms with Gasteiger partial charge in [0.05, 0.1) is 23.6 Å². The van der Waals surface area contributed by atoms with E-state index in [1.807, 2.05) is 38.5 Å². The van der Waals surface area contributed by atoms with Gasteiger partial charge in [-0.05, 0) is 37.6 Å². The maximum absolute atomic E-state index is 10.5. The Morgan fingerprint density at radius 3 is 2.37 bits per heavy atom. The highest BCUT2D eigenvalue weighted by Gasteiger charge is 2.08. The van der Waals surface area contributed by atoms with E-state index < -0.39 is 0 Å². The Kier molecular flexibility index (Phi) is 13.7. The molecule has 0 aliphatic heterocycles. The molecule has 0 spiro atoms. The maximum atomic E-state index is 10.5. The molecule has 0 aliphatic carbocycles. The van der Waals surface area contributed by atoms with Gasteiger partial charge in [0.15, 0.2) is 0 Å².